The van der Waals surface area contributed by atoms with Crippen molar-refractivity contribution in [3.8, 4) is 0 Å². The molecule has 5 rings (SSSR count). The second-order valence-electron chi connectivity index (χ2n) is 7.71. The number of amides is 3. The predicted molar refractivity (Wildman–Crippen MR) is 121 cm³/mol. The Balaban J connectivity index is 1.48. The highest BCUT2D eigenvalue weighted by molar-refractivity contribution is 6.34. The maximum absolute atomic E-state index is 14.2. The summed E-state index contributed by atoms with van der Waals surface area (Å²) in [6.45, 7) is 3.52. The van der Waals surface area contributed by atoms with Crippen molar-refractivity contribution in [2.24, 2.45) is 0 Å². The molecule has 0 radical (unpaired) electrons. The summed E-state index contributed by atoms with van der Waals surface area (Å²) in [5.74, 6) is -2.06. The lowest BCUT2D eigenvalue weighted by Crippen LogP contribution is -2.29. The summed E-state index contributed by atoms with van der Waals surface area (Å²) in [5, 5.41) is 2.70. The van der Waals surface area contributed by atoms with E-state index in [4.69, 9.17) is 0 Å². The lowest BCUT2D eigenvalue weighted by atomic mass is 10.1. The highest BCUT2D eigenvalue weighted by Crippen LogP contribution is 2.30. The Morgan fingerprint density at radius 2 is 1.55 bits per heavy atom. The number of fused-ring (bicyclic) bond motifs is 2. The first-order chi connectivity index (χ1) is 15.8. The van der Waals surface area contributed by atoms with Gasteiger partial charge in [0.1, 0.15) is 11.3 Å². The van der Waals surface area contributed by atoms with Gasteiger partial charge in [0.15, 0.2) is 0 Å². The van der Waals surface area contributed by atoms with Crippen molar-refractivity contribution < 1.29 is 18.8 Å². The van der Waals surface area contributed by atoms with Crippen LogP contribution in [0, 0.1) is 19.7 Å². The topological polar surface area (TPSA) is 92.3 Å². The number of hydrogen-bond acceptors (Lipinski definition) is 5. The molecular weight excluding hydrogens is 423 g/mol. The van der Waals surface area contributed by atoms with E-state index in [9.17, 15) is 18.8 Å². The first kappa shape index (κ1) is 20.4. The van der Waals surface area contributed by atoms with Gasteiger partial charge in [-0.25, -0.2) is 19.3 Å². The second kappa shape index (κ2) is 7.59. The van der Waals surface area contributed by atoms with Crippen LogP contribution in [0.4, 0.5) is 15.8 Å². The average molecular weight is 440 g/mol. The molecule has 1 N–H and O–H groups in total. The average Bonchev–Trinajstić information content (AvgIpc) is 3.05. The van der Waals surface area contributed by atoms with Crippen LogP contribution in [0.25, 0.3) is 11.0 Å². The van der Waals surface area contributed by atoms with Gasteiger partial charge in [-0.2, -0.15) is 0 Å². The third kappa shape index (κ3) is 3.41. The van der Waals surface area contributed by atoms with Crippen molar-refractivity contribution in [2.45, 2.75) is 13.8 Å². The number of rotatable bonds is 3. The molecule has 0 bridgehead atoms. The van der Waals surface area contributed by atoms with Crippen LogP contribution in [-0.4, -0.2) is 27.7 Å². The highest BCUT2D eigenvalue weighted by atomic mass is 19.1. The summed E-state index contributed by atoms with van der Waals surface area (Å²) in [5.41, 5.74) is 3.18. The quantitative estimate of drug-likeness (QED) is 0.476. The normalized spacial score (nSPS) is 12.9. The number of carbonyl (C=O) groups excluding carboxylic acids is 3. The minimum absolute atomic E-state index is 0.0340. The molecule has 162 valence electrons. The number of nitrogens with zero attached hydrogens (tertiary/aromatic N) is 3. The molecule has 0 saturated heterocycles. The first-order valence-electron chi connectivity index (χ1n) is 10.2. The van der Waals surface area contributed by atoms with Crippen LogP contribution >= 0.6 is 0 Å². The smallest absolute Gasteiger partial charge is 0.266 e. The SMILES string of the molecule is Cc1nc2cc(F)cc(C(=O)Nc3cccc(N4C(=O)c5ccccc5C4=O)c3)c2nc1C. The van der Waals surface area contributed by atoms with Gasteiger partial charge >= 0.3 is 0 Å². The van der Waals surface area contributed by atoms with Crippen molar-refractivity contribution in [2.75, 3.05) is 10.2 Å². The van der Waals surface area contributed by atoms with Crippen LogP contribution < -0.4 is 10.2 Å². The number of nitrogens with one attached hydrogen (secondary N) is 1. The summed E-state index contributed by atoms with van der Waals surface area (Å²) in [6, 6.07) is 15.3. The largest absolute Gasteiger partial charge is 0.322 e. The van der Waals surface area contributed by atoms with Crippen LogP contribution in [0.15, 0.2) is 60.7 Å². The monoisotopic (exact) mass is 440 g/mol. The number of anilines is 2. The maximum atomic E-state index is 14.2. The molecule has 0 fully saturated rings. The van der Waals surface area contributed by atoms with Gasteiger partial charge in [0.05, 0.1) is 39.3 Å². The molecule has 33 heavy (non-hydrogen) atoms. The van der Waals surface area contributed by atoms with Crippen LogP contribution in [0.2, 0.25) is 0 Å². The van der Waals surface area contributed by atoms with Crippen LogP contribution in [0.5, 0.6) is 0 Å². The fourth-order valence-electron chi connectivity index (χ4n) is 3.82. The minimum Gasteiger partial charge on any atom is -0.322 e. The third-order valence-corrected chi connectivity index (χ3v) is 5.55. The molecule has 0 spiro atoms. The Morgan fingerprint density at radius 1 is 0.879 bits per heavy atom. The van der Waals surface area contributed by atoms with Crippen molar-refractivity contribution in [1.29, 1.82) is 0 Å². The van der Waals surface area contributed by atoms with Gasteiger partial charge in [-0.1, -0.05) is 18.2 Å². The van der Waals surface area contributed by atoms with Gasteiger partial charge in [0, 0.05) is 11.8 Å². The summed E-state index contributed by atoms with van der Waals surface area (Å²) in [4.78, 5) is 48.4. The van der Waals surface area contributed by atoms with E-state index in [-0.39, 0.29) is 16.6 Å². The van der Waals surface area contributed by atoms with E-state index in [0.29, 0.717) is 33.9 Å². The van der Waals surface area contributed by atoms with E-state index in [1.807, 2.05) is 0 Å². The Kier molecular flexibility index (Phi) is 4.70. The zero-order chi connectivity index (χ0) is 23.3. The maximum Gasteiger partial charge on any atom is 0.266 e. The van der Waals surface area contributed by atoms with Crippen LogP contribution in [0.3, 0.4) is 0 Å². The standard InChI is InChI=1S/C25H17FN4O3/c1-13-14(2)28-22-20(10-15(26)11-21(22)27-13)23(31)29-16-6-5-7-17(12-16)30-24(32)18-8-3-4-9-19(18)25(30)33/h3-12H,1-2H3,(H,29,31). The summed E-state index contributed by atoms with van der Waals surface area (Å²) >= 11 is 0. The number of hydrogen-bond donors (Lipinski definition) is 1. The van der Waals surface area contributed by atoms with E-state index in [1.54, 1.807) is 56.3 Å². The molecule has 1 aliphatic rings. The van der Waals surface area contributed by atoms with E-state index < -0.39 is 23.5 Å². The summed E-state index contributed by atoms with van der Waals surface area (Å²) in [7, 11) is 0. The molecule has 2 heterocycles. The first-order valence-corrected chi connectivity index (χ1v) is 10.2. The Bertz CT molecular complexity index is 1460. The van der Waals surface area contributed by atoms with Gasteiger partial charge in [-0.05, 0) is 50.2 Å². The number of carbonyl (C=O) groups is 3. The molecular formula is C25H17FN4O3. The third-order valence-electron chi connectivity index (χ3n) is 5.55. The van der Waals surface area contributed by atoms with Gasteiger partial charge < -0.3 is 5.32 Å². The minimum atomic E-state index is -0.607. The predicted octanol–water partition coefficient (Wildman–Crippen LogP) is 4.44. The molecule has 1 aromatic heterocycles. The van der Waals surface area contributed by atoms with Crippen molar-refractivity contribution in [3.63, 3.8) is 0 Å². The zero-order valence-electron chi connectivity index (χ0n) is 17.7. The Morgan fingerprint density at radius 3 is 2.24 bits per heavy atom. The van der Waals surface area contributed by atoms with Crippen molar-refractivity contribution in [1.82, 2.24) is 9.97 Å². The highest BCUT2D eigenvalue weighted by Gasteiger charge is 2.36. The van der Waals surface area contributed by atoms with Gasteiger partial charge in [-0.3, -0.25) is 14.4 Å². The van der Waals surface area contributed by atoms with E-state index in [2.05, 4.69) is 15.3 Å². The molecule has 3 aromatic carbocycles. The van der Waals surface area contributed by atoms with E-state index in [0.717, 1.165) is 11.0 Å². The summed E-state index contributed by atoms with van der Waals surface area (Å²) in [6.07, 6.45) is 0. The van der Waals surface area contributed by atoms with Crippen LogP contribution in [-0.2, 0) is 0 Å². The lowest BCUT2D eigenvalue weighted by molar-refractivity contribution is 0.0925. The molecule has 4 aromatic rings. The fourth-order valence-corrected chi connectivity index (χ4v) is 3.82. The number of benzene rings is 3. The summed E-state index contributed by atoms with van der Waals surface area (Å²) < 4.78 is 14.2. The molecule has 1 aliphatic heterocycles. The molecule has 0 saturated carbocycles. The molecule has 3 amide bonds. The molecule has 0 aliphatic carbocycles. The lowest BCUT2D eigenvalue weighted by Gasteiger charge is -2.15. The van der Waals surface area contributed by atoms with Crippen LogP contribution in [0.1, 0.15) is 42.5 Å². The number of aromatic nitrogens is 2. The van der Waals surface area contributed by atoms with Gasteiger partial charge in [0.25, 0.3) is 17.7 Å². The van der Waals surface area contributed by atoms with E-state index >= 15 is 0 Å². The van der Waals surface area contributed by atoms with Crippen molar-refractivity contribution in [3.05, 3.63) is 94.6 Å². The molecule has 0 atom stereocenters. The number of imide groups is 1. The molecule has 8 heteroatoms. The van der Waals surface area contributed by atoms with E-state index in [1.165, 1.54) is 12.1 Å². The van der Waals surface area contributed by atoms with Gasteiger partial charge in [0.2, 0.25) is 0 Å². The second-order valence-corrected chi connectivity index (χ2v) is 7.71. The fraction of sp³-hybridized carbons (Fsp3) is 0.0800. The van der Waals surface area contributed by atoms with Crippen molar-refractivity contribution >= 4 is 40.1 Å². The van der Waals surface area contributed by atoms with Gasteiger partial charge in [-0.15, -0.1) is 0 Å². The zero-order valence-corrected chi connectivity index (χ0v) is 17.7. The number of halogens is 1. The molecule has 7 nitrogen and oxygen atoms in total. The Hall–Kier alpha value is -4.46. The number of aryl methyl sites for hydroxylation is 2. The molecule has 0 unspecified atom stereocenters. The Labute approximate surface area is 187 Å².